The van der Waals surface area contributed by atoms with Crippen molar-refractivity contribution in [1.82, 2.24) is 9.55 Å². The zero-order valence-electron chi connectivity index (χ0n) is 14.9. The Labute approximate surface area is 158 Å². The Hall–Kier alpha value is -2.73. The summed E-state index contributed by atoms with van der Waals surface area (Å²) < 4.78 is 6.94. The highest BCUT2D eigenvalue weighted by atomic mass is 32.1. The zero-order valence-corrected chi connectivity index (χ0v) is 15.8. The van der Waals surface area contributed by atoms with Crippen LogP contribution in [0.25, 0.3) is 21.2 Å². The van der Waals surface area contributed by atoms with Crippen molar-refractivity contribution < 1.29 is 4.42 Å². The van der Waals surface area contributed by atoms with Gasteiger partial charge in [-0.2, -0.15) is 0 Å². The third-order valence-corrected chi connectivity index (χ3v) is 6.47. The van der Waals surface area contributed by atoms with E-state index in [-0.39, 0.29) is 5.56 Å². The predicted molar refractivity (Wildman–Crippen MR) is 107 cm³/mol. The van der Waals surface area contributed by atoms with Gasteiger partial charge in [-0.05, 0) is 55.4 Å². The number of hydrogen-bond donors (Lipinski definition) is 0. The maximum absolute atomic E-state index is 13.2. The number of nitrogens with zero attached hydrogens (tertiary/aromatic N) is 2. The number of hydrogen-bond acceptors (Lipinski definition) is 5. The van der Waals surface area contributed by atoms with E-state index in [1.54, 1.807) is 22.2 Å². The Balaban J connectivity index is 1.67. The van der Waals surface area contributed by atoms with E-state index >= 15 is 0 Å². The van der Waals surface area contributed by atoms with Crippen LogP contribution in [-0.4, -0.2) is 9.55 Å². The minimum absolute atomic E-state index is 0.0205. The van der Waals surface area contributed by atoms with E-state index in [1.165, 1.54) is 22.9 Å². The molecule has 5 rings (SSSR count). The number of aromatic nitrogens is 2. The van der Waals surface area contributed by atoms with Gasteiger partial charge in [0.05, 0.1) is 18.3 Å². The molecule has 3 aromatic heterocycles. The van der Waals surface area contributed by atoms with Gasteiger partial charge in [-0.15, -0.1) is 11.3 Å². The van der Waals surface area contributed by atoms with Gasteiger partial charge in [0.2, 0.25) is 0 Å². The summed E-state index contributed by atoms with van der Waals surface area (Å²) in [7, 11) is 0. The lowest BCUT2D eigenvalue weighted by Crippen LogP contribution is -2.22. The Morgan fingerprint density at radius 2 is 2.04 bits per heavy atom. The lowest BCUT2D eigenvalue weighted by atomic mass is 9.97. The summed E-state index contributed by atoms with van der Waals surface area (Å²) in [5, 5.41) is 1.61. The first-order chi connectivity index (χ1) is 13.1. The van der Waals surface area contributed by atoms with Crippen LogP contribution in [0.3, 0.4) is 0 Å². The topological polar surface area (TPSA) is 65.1 Å². The quantitative estimate of drug-likeness (QED) is 0.498. The van der Waals surface area contributed by atoms with Crippen LogP contribution in [-0.2, 0) is 19.4 Å². The fourth-order valence-corrected chi connectivity index (χ4v) is 5.16. The molecule has 1 aliphatic rings. The van der Waals surface area contributed by atoms with Crippen LogP contribution < -0.4 is 11.2 Å². The van der Waals surface area contributed by atoms with Crippen LogP contribution >= 0.6 is 11.3 Å². The third kappa shape index (κ3) is 2.72. The first-order valence-corrected chi connectivity index (χ1v) is 9.95. The Bertz CT molecular complexity index is 1310. The molecule has 0 saturated carbocycles. The summed E-state index contributed by atoms with van der Waals surface area (Å²) in [5.74, 6) is 0. The van der Waals surface area contributed by atoms with Gasteiger partial charge in [0.15, 0.2) is 0 Å². The lowest BCUT2D eigenvalue weighted by Gasteiger charge is -2.11. The molecule has 1 aliphatic carbocycles. The Kier molecular flexibility index (Phi) is 3.75. The number of aryl methyl sites for hydroxylation is 3. The molecule has 3 heterocycles. The third-order valence-electron chi connectivity index (χ3n) is 5.27. The van der Waals surface area contributed by atoms with Crippen LogP contribution in [0.5, 0.6) is 0 Å². The molecule has 27 heavy (non-hydrogen) atoms. The summed E-state index contributed by atoms with van der Waals surface area (Å²) in [6.45, 7) is 2.26. The van der Waals surface area contributed by atoms with Crippen molar-refractivity contribution in [2.75, 3.05) is 0 Å². The molecular weight excluding hydrogens is 360 g/mol. The molecular formula is C21H18N2O3S. The second-order valence-corrected chi connectivity index (χ2v) is 8.24. The van der Waals surface area contributed by atoms with Crippen molar-refractivity contribution >= 4 is 32.5 Å². The molecule has 0 atom stereocenters. The molecule has 0 bridgehead atoms. The lowest BCUT2D eigenvalue weighted by molar-refractivity contribution is 0.557. The molecule has 136 valence electrons. The molecule has 6 heteroatoms. The van der Waals surface area contributed by atoms with Gasteiger partial charge in [0.1, 0.15) is 10.4 Å². The fourth-order valence-electron chi connectivity index (χ4n) is 3.95. The average Bonchev–Trinajstić information content (AvgIpc) is 3.02. The van der Waals surface area contributed by atoms with Gasteiger partial charge in [0, 0.05) is 16.3 Å². The van der Waals surface area contributed by atoms with E-state index in [9.17, 15) is 9.59 Å². The van der Waals surface area contributed by atoms with Crippen LogP contribution in [0.15, 0.2) is 44.6 Å². The van der Waals surface area contributed by atoms with E-state index in [2.05, 4.69) is 4.98 Å². The second kappa shape index (κ2) is 6.16. The highest BCUT2D eigenvalue weighted by Crippen LogP contribution is 2.33. The standard InChI is InChI=1S/C21H18N2O3S/c1-12-6-7-14-13(9-18(24)26-16(14)8-12)10-23-11-22-20-19(21(23)25)15-4-2-3-5-17(15)27-20/h6-9,11H,2-5,10H2,1H3. The maximum Gasteiger partial charge on any atom is 0.336 e. The van der Waals surface area contributed by atoms with Crippen molar-refractivity contribution in [2.45, 2.75) is 39.2 Å². The maximum atomic E-state index is 13.2. The smallest absolute Gasteiger partial charge is 0.336 e. The van der Waals surface area contributed by atoms with Gasteiger partial charge >= 0.3 is 5.63 Å². The molecule has 0 fully saturated rings. The monoisotopic (exact) mass is 378 g/mol. The summed E-state index contributed by atoms with van der Waals surface area (Å²) >= 11 is 1.65. The molecule has 1 aromatic carbocycles. The molecule has 0 amide bonds. The van der Waals surface area contributed by atoms with Crippen molar-refractivity contribution in [1.29, 1.82) is 0 Å². The minimum atomic E-state index is -0.405. The predicted octanol–water partition coefficient (Wildman–Crippen LogP) is 3.80. The summed E-state index contributed by atoms with van der Waals surface area (Å²) in [6.07, 6.45) is 5.89. The first-order valence-electron chi connectivity index (χ1n) is 9.13. The van der Waals surface area contributed by atoms with Crippen molar-refractivity contribution in [3.05, 3.63) is 72.9 Å². The van der Waals surface area contributed by atoms with E-state index in [0.29, 0.717) is 12.1 Å². The van der Waals surface area contributed by atoms with Gasteiger partial charge in [-0.25, -0.2) is 9.78 Å². The van der Waals surface area contributed by atoms with Crippen LogP contribution in [0.2, 0.25) is 0 Å². The summed E-state index contributed by atoms with van der Waals surface area (Å²) in [4.78, 5) is 31.8. The van der Waals surface area contributed by atoms with Gasteiger partial charge in [-0.1, -0.05) is 12.1 Å². The van der Waals surface area contributed by atoms with Crippen LogP contribution in [0.4, 0.5) is 0 Å². The van der Waals surface area contributed by atoms with Crippen LogP contribution in [0.1, 0.15) is 34.4 Å². The number of fused-ring (bicyclic) bond motifs is 4. The van der Waals surface area contributed by atoms with E-state index in [1.807, 2.05) is 25.1 Å². The first kappa shape index (κ1) is 16.4. The molecule has 0 aliphatic heterocycles. The normalized spacial score (nSPS) is 14.0. The molecule has 0 radical (unpaired) electrons. The van der Waals surface area contributed by atoms with Gasteiger partial charge in [-0.3, -0.25) is 9.36 Å². The summed E-state index contributed by atoms with van der Waals surface area (Å²) in [5.41, 5.74) is 3.10. The number of benzene rings is 1. The van der Waals surface area contributed by atoms with E-state index < -0.39 is 5.63 Å². The molecule has 4 aromatic rings. The van der Waals surface area contributed by atoms with Crippen molar-refractivity contribution in [2.24, 2.45) is 0 Å². The van der Waals surface area contributed by atoms with Gasteiger partial charge in [0.25, 0.3) is 5.56 Å². The number of thiophene rings is 1. The average molecular weight is 378 g/mol. The molecule has 0 unspecified atom stereocenters. The Morgan fingerprint density at radius 3 is 2.93 bits per heavy atom. The van der Waals surface area contributed by atoms with Gasteiger partial charge < -0.3 is 4.42 Å². The number of rotatable bonds is 2. The molecule has 5 nitrogen and oxygen atoms in total. The van der Waals surface area contributed by atoms with Crippen LogP contribution in [0, 0.1) is 6.92 Å². The van der Waals surface area contributed by atoms with Crippen molar-refractivity contribution in [3.63, 3.8) is 0 Å². The zero-order chi connectivity index (χ0) is 18.5. The fraction of sp³-hybridized carbons (Fsp3) is 0.286. The van der Waals surface area contributed by atoms with E-state index in [0.717, 1.165) is 46.0 Å². The van der Waals surface area contributed by atoms with E-state index in [4.69, 9.17) is 4.42 Å². The highest BCUT2D eigenvalue weighted by Gasteiger charge is 2.20. The minimum Gasteiger partial charge on any atom is -0.423 e. The molecule has 0 saturated heterocycles. The highest BCUT2D eigenvalue weighted by molar-refractivity contribution is 7.18. The van der Waals surface area contributed by atoms with Crippen molar-refractivity contribution in [3.8, 4) is 0 Å². The molecule has 0 spiro atoms. The largest absolute Gasteiger partial charge is 0.423 e. The summed E-state index contributed by atoms with van der Waals surface area (Å²) in [6, 6.07) is 7.23. The Morgan fingerprint density at radius 1 is 1.19 bits per heavy atom. The SMILES string of the molecule is Cc1ccc2c(Cn3cnc4sc5c(c4c3=O)CCCC5)cc(=O)oc2c1. The second-order valence-electron chi connectivity index (χ2n) is 7.16. The molecule has 0 N–H and O–H groups in total.